The Morgan fingerprint density at radius 1 is 1.19 bits per heavy atom. The fourth-order valence-corrected chi connectivity index (χ4v) is 3.39. The number of benzene rings is 1. The van der Waals surface area contributed by atoms with Crippen molar-refractivity contribution in [3.8, 4) is 0 Å². The minimum absolute atomic E-state index is 0.0273. The Labute approximate surface area is 158 Å². The molecular weight excluding hydrogens is 356 g/mol. The van der Waals surface area contributed by atoms with Crippen molar-refractivity contribution in [2.24, 2.45) is 5.92 Å². The van der Waals surface area contributed by atoms with Gasteiger partial charge in [0.25, 0.3) is 0 Å². The van der Waals surface area contributed by atoms with E-state index < -0.39 is 17.5 Å². The number of amides is 2. The predicted octanol–water partition coefficient (Wildman–Crippen LogP) is 2.15. The van der Waals surface area contributed by atoms with Crippen LogP contribution in [-0.4, -0.2) is 54.6 Å². The van der Waals surface area contributed by atoms with Crippen LogP contribution in [0.1, 0.15) is 27.7 Å². The number of hydrogen-bond donors (Lipinski definition) is 2. The van der Waals surface area contributed by atoms with E-state index in [1.807, 2.05) is 27.7 Å². The van der Waals surface area contributed by atoms with Crippen molar-refractivity contribution in [1.29, 1.82) is 0 Å². The summed E-state index contributed by atoms with van der Waals surface area (Å²) in [5.74, 6) is -2.74. The zero-order valence-corrected chi connectivity index (χ0v) is 16.1. The van der Waals surface area contributed by atoms with Crippen LogP contribution in [0.4, 0.5) is 14.5 Å². The van der Waals surface area contributed by atoms with Crippen LogP contribution in [0.5, 0.6) is 0 Å². The van der Waals surface area contributed by atoms with Crippen molar-refractivity contribution in [1.82, 2.24) is 10.2 Å². The average Bonchev–Trinajstić information content (AvgIpc) is 2.55. The Bertz CT molecular complexity index is 674. The van der Waals surface area contributed by atoms with Gasteiger partial charge in [0.2, 0.25) is 11.8 Å². The van der Waals surface area contributed by atoms with E-state index in [0.29, 0.717) is 13.1 Å². The molecular formula is C19H27F2N3O3. The highest BCUT2D eigenvalue weighted by molar-refractivity contribution is 5.95. The first-order chi connectivity index (χ1) is 12.7. The van der Waals surface area contributed by atoms with Gasteiger partial charge in [-0.05, 0) is 31.9 Å². The molecule has 3 unspecified atom stereocenters. The van der Waals surface area contributed by atoms with E-state index in [4.69, 9.17) is 4.74 Å². The van der Waals surface area contributed by atoms with Crippen molar-refractivity contribution in [3.05, 3.63) is 29.8 Å². The van der Waals surface area contributed by atoms with Crippen LogP contribution in [0.15, 0.2) is 18.2 Å². The van der Waals surface area contributed by atoms with E-state index in [0.717, 1.165) is 12.1 Å². The smallest absolute Gasteiger partial charge is 0.243 e. The van der Waals surface area contributed by atoms with Crippen molar-refractivity contribution in [2.45, 2.75) is 45.9 Å². The average molecular weight is 383 g/mol. The molecule has 8 heteroatoms. The molecule has 2 rings (SSSR count). The summed E-state index contributed by atoms with van der Waals surface area (Å²) in [6.45, 7) is 8.87. The van der Waals surface area contributed by atoms with Gasteiger partial charge in [0.05, 0.1) is 24.8 Å². The van der Waals surface area contributed by atoms with E-state index in [1.54, 1.807) is 0 Å². The molecule has 0 radical (unpaired) electrons. The summed E-state index contributed by atoms with van der Waals surface area (Å²) in [5, 5.41) is 5.07. The molecule has 0 bridgehead atoms. The molecule has 1 heterocycles. The maximum Gasteiger partial charge on any atom is 0.243 e. The van der Waals surface area contributed by atoms with Gasteiger partial charge in [-0.25, -0.2) is 8.78 Å². The standard InChI is InChI=1S/C19H27F2N3O3/c1-11(2)18(24-9-12(3)27-13(4)10-24)19(26)22-8-17(25)23-14-5-6-15(20)16(21)7-14/h5-7,11-13,18H,8-10H2,1-4H3,(H,22,26)(H,23,25). The van der Waals surface area contributed by atoms with Gasteiger partial charge in [-0.15, -0.1) is 0 Å². The highest BCUT2D eigenvalue weighted by Crippen LogP contribution is 2.19. The lowest BCUT2D eigenvalue weighted by atomic mass is 9.99. The van der Waals surface area contributed by atoms with Crippen molar-refractivity contribution < 1.29 is 23.1 Å². The molecule has 1 aliphatic rings. The highest BCUT2D eigenvalue weighted by Gasteiger charge is 2.34. The first-order valence-electron chi connectivity index (χ1n) is 9.09. The Morgan fingerprint density at radius 3 is 2.37 bits per heavy atom. The zero-order valence-electron chi connectivity index (χ0n) is 16.1. The predicted molar refractivity (Wildman–Crippen MR) is 98.2 cm³/mol. The number of nitrogens with one attached hydrogen (secondary N) is 2. The minimum Gasteiger partial charge on any atom is -0.373 e. The fourth-order valence-electron chi connectivity index (χ4n) is 3.39. The normalized spacial score (nSPS) is 21.7. The van der Waals surface area contributed by atoms with Crippen LogP contribution < -0.4 is 10.6 Å². The van der Waals surface area contributed by atoms with Gasteiger partial charge in [-0.3, -0.25) is 14.5 Å². The number of carbonyl (C=O) groups is 2. The Hall–Kier alpha value is -2.06. The first kappa shape index (κ1) is 21.2. The number of rotatable bonds is 6. The van der Waals surface area contributed by atoms with Gasteiger partial charge in [0.1, 0.15) is 0 Å². The molecule has 0 saturated carbocycles. The maximum absolute atomic E-state index is 13.2. The molecule has 1 aromatic carbocycles. The van der Waals surface area contributed by atoms with Gasteiger partial charge in [-0.2, -0.15) is 0 Å². The molecule has 2 N–H and O–H groups in total. The SMILES string of the molecule is CC1CN(C(C(=O)NCC(=O)Nc2ccc(F)c(F)c2)C(C)C)CC(C)O1. The molecule has 27 heavy (non-hydrogen) atoms. The topological polar surface area (TPSA) is 70.7 Å². The number of hydrogen-bond acceptors (Lipinski definition) is 4. The number of ether oxygens (including phenoxy) is 1. The Balaban J connectivity index is 1.93. The van der Waals surface area contributed by atoms with E-state index in [2.05, 4.69) is 15.5 Å². The molecule has 2 amide bonds. The number of halogens is 2. The second kappa shape index (κ2) is 9.23. The van der Waals surface area contributed by atoms with Crippen molar-refractivity contribution >= 4 is 17.5 Å². The molecule has 0 aliphatic carbocycles. The van der Waals surface area contributed by atoms with Crippen LogP contribution >= 0.6 is 0 Å². The van der Waals surface area contributed by atoms with Gasteiger partial charge in [0, 0.05) is 24.8 Å². The lowest BCUT2D eigenvalue weighted by Crippen LogP contribution is -2.57. The third-order valence-electron chi connectivity index (χ3n) is 4.37. The summed E-state index contributed by atoms with van der Waals surface area (Å²) in [6.07, 6.45) is 0.0546. The summed E-state index contributed by atoms with van der Waals surface area (Å²) < 4.78 is 31.8. The second-order valence-electron chi connectivity index (χ2n) is 7.29. The largest absolute Gasteiger partial charge is 0.373 e. The van der Waals surface area contributed by atoms with Crippen LogP contribution in [0.3, 0.4) is 0 Å². The van der Waals surface area contributed by atoms with E-state index in [-0.39, 0.29) is 42.3 Å². The van der Waals surface area contributed by atoms with E-state index in [9.17, 15) is 18.4 Å². The zero-order chi connectivity index (χ0) is 20.1. The molecule has 150 valence electrons. The molecule has 1 saturated heterocycles. The summed E-state index contributed by atoms with van der Waals surface area (Å²) >= 11 is 0. The summed E-state index contributed by atoms with van der Waals surface area (Å²) in [4.78, 5) is 26.8. The molecule has 0 aromatic heterocycles. The molecule has 3 atom stereocenters. The summed E-state index contributed by atoms with van der Waals surface area (Å²) in [6, 6.07) is 2.70. The number of morpholine rings is 1. The minimum atomic E-state index is -1.05. The Morgan fingerprint density at radius 2 is 1.81 bits per heavy atom. The Kier molecular flexibility index (Phi) is 7.26. The second-order valence-corrected chi connectivity index (χ2v) is 7.29. The maximum atomic E-state index is 13.2. The van der Waals surface area contributed by atoms with E-state index in [1.165, 1.54) is 6.07 Å². The lowest BCUT2D eigenvalue weighted by molar-refractivity contribution is -0.136. The monoisotopic (exact) mass is 383 g/mol. The third kappa shape index (κ3) is 5.97. The van der Waals surface area contributed by atoms with Crippen LogP contribution in [0.25, 0.3) is 0 Å². The molecule has 1 aliphatic heterocycles. The lowest BCUT2D eigenvalue weighted by Gasteiger charge is -2.40. The fraction of sp³-hybridized carbons (Fsp3) is 0.579. The summed E-state index contributed by atoms with van der Waals surface area (Å²) in [7, 11) is 0. The number of nitrogens with zero attached hydrogens (tertiary/aromatic N) is 1. The highest BCUT2D eigenvalue weighted by atomic mass is 19.2. The number of carbonyl (C=O) groups excluding carboxylic acids is 2. The third-order valence-corrected chi connectivity index (χ3v) is 4.37. The van der Waals surface area contributed by atoms with Crippen molar-refractivity contribution in [2.75, 3.05) is 25.0 Å². The van der Waals surface area contributed by atoms with Crippen LogP contribution in [-0.2, 0) is 14.3 Å². The number of anilines is 1. The molecule has 6 nitrogen and oxygen atoms in total. The van der Waals surface area contributed by atoms with Gasteiger partial charge >= 0.3 is 0 Å². The summed E-state index contributed by atoms with van der Waals surface area (Å²) in [5.41, 5.74) is 0.129. The van der Waals surface area contributed by atoms with Crippen LogP contribution in [0.2, 0.25) is 0 Å². The van der Waals surface area contributed by atoms with Gasteiger partial charge in [0.15, 0.2) is 11.6 Å². The molecule has 0 spiro atoms. The van der Waals surface area contributed by atoms with Gasteiger partial charge in [-0.1, -0.05) is 13.8 Å². The van der Waals surface area contributed by atoms with E-state index >= 15 is 0 Å². The quantitative estimate of drug-likeness (QED) is 0.790. The first-order valence-corrected chi connectivity index (χ1v) is 9.09. The molecule has 1 fully saturated rings. The van der Waals surface area contributed by atoms with Crippen molar-refractivity contribution in [3.63, 3.8) is 0 Å². The van der Waals surface area contributed by atoms with Gasteiger partial charge < -0.3 is 15.4 Å². The van der Waals surface area contributed by atoms with Crippen LogP contribution in [0, 0.1) is 17.6 Å². The molecule has 1 aromatic rings.